The number of nitrogens with one attached hydrogen (secondary N) is 1. The van der Waals surface area contributed by atoms with E-state index in [9.17, 15) is 4.79 Å². The highest BCUT2D eigenvalue weighted by Crippen LogP contribution is 2.40. The van der Waals surface area contributed by atoms with E-state index in [2.05, 4.69) is 12.2 Å². The number of rotatable bonds is 10. The van der Waals surface area contributed by atoms with Gasteiger partial charge in [-0.15, -0.1) is 5.10 Å². The van der Waals surface area contributed by atoms with Gasteiger partial charge in [-0.2, -0.15) is 4.98 Å². The molecule has 1 unspecified atom stereocenters. The summed E-state index contributed by atoms with van der Waals surface area (Å²) in [5.41, 5.74) is 3.84. The number of halogens is 1. The molecule has 5 rings (SSSR count). The van der Waals surface area contributed by atoms with Crippen molar-refractivity contribution >= 4 is 35.3 Å². The Bertz CT molecular complexity index is 1490. The predicted molar refractivity (Wildman–Crippen MR) is 154 cm³/mol. The van der Waals surface area contributed by atoms with Gasteiger partial charge in [0.25, 0.3) is 0 Å². The summed E-state index contributed by atoms with van der Waals surface area (Å²) in [6, 6.07) is 24.5. The largest absolute Gasteiger partial charge is 0.493 e. The first-order chi connectivity index (χ1) is 19.0. The van der Waals surface area contributed by atoms with Gasteiger partial charge in [0.15, 0.2) is 0 Å². The fourth-order valence-electron chi connectivity index (χ4n) is 4.35. The van der Waals surface area contributed by atoms with Gasteiger partial charge < -0.3 is 14.8 Å². The zero-order valence-corrected chi connectivity index (χ0v) is 23.3. The third-order valence-corrected chi connectivity index (χ3v) is 7.51. The quantitative estimate of drug-likeness (QED) is 0.164. The molecule has 1 aromatic heterocycles. The summed E-state index contributed by atoms with van der Waals surface area (Å²) in [7, 11) is 0. The molecule has 2 heterocycles. The number of aromatic nitrogens is 3. The lowest BCUT2D eigenvalue weighted by Gasteiger charge is -2.29. The van der Waals surface area contributed by atoms with E-state index in [0.717, 1.165) is 23.1 Å². The highest BCUT2D eigenvalue weighted by atomic mass is 35.5. The van der Waals surface area contributed by atoms with Crippen LogP contribution in [-0.2, 0) is 21.9 Å². The van der Waals surface area contributed by atoms with Crippen molar-refractivity contribution in [2.24, 2.45) is 0 Å². The highest BCUT2D eigenvalue weighted by molar-refractivity contribution is 7.98. The van der Waals surface area contributed by atoms with Crippen molar-refractivity contribution in [3.8, 4) is 5.75 Å². The molecule has 0 aliphatic carbocycles. The summed E-state index contributed by atoms with van der Waals surface area (Å²) < 4.78 is 13.6. The van der Waals surface area contributed by atoms with Crippen LogP contribution in [0.1, 0.15) is 43.0 Å². The number of esters is 1. The summed E-state index contributed by atoms with van der Waals surface area (Å²) in [5, 5.41) is 9.37. The zero-order chi connectivity index (χ0) is 27.2. The van der Waals surface area contributed by atoms with Gasteiger partial charge in [0.2, 0.25) is 11.1 Å². The van der Waals surface area contributed by atoms with Gasteiger partial charge in [-0.25, -0.2) is 9.48 Å². The first-order valence-corrected chi connectivity index (χ1v) is 14.1. The maximum atomic E-state index is 13.6. The monoisotopic (exact) mass is 560 g/mol. The van der Waals surface area contributed by atoms with E-state index in [0.29, 0.717) is 45.5 Å². The van der Waals surface area contributed by atoms with Crippen molar-refractivity contribution in [3.05, 3.63) is 112 Å². The number of hydrogen-bond donors (Lipinski definition) is 1. The van der Waals surface area contributed by atoms with Crippen molar-refractivity contribution in [1.29, 1.82) is 0 Å². The van der Waals surface area contributed by atoms with Crippen LogP contribution in [0.4, 0.5) is 5.95 Å². The van der Waals surface area contributed by atoms with Gasteiger partial charge in [0.1, 0.15) is 18.4 Å². The van der Waals surface area contributed by atoms with Crippen LogP contribution in [0, 0.1) is 0 Å². The smallest absolute Gasteiger partial charge is 0.338 e. The number of ether oxygens (including phenoxy) is 2. The van der Waals surface area contributed by atoms with E-state index in [4.69, 9.17) is 31.2 Å². The van der Waals surface area contributed by atoms with Crippen LogP contribution in [0.3, 0.4) is 0 Å². The van der Waals surface area contributed by atoms with E-state index in [1.165, 1.54) is 11.8 Å². The van der Waals surface area contributed by atoms with Gasteiger partial charge in [-0.05, 0) is 36.6 Å². The standard InChI is InChI=1S/C30H29ClN4O3S/c1-3-17-37-25-16-10-8-14-23(25)27-26(28(36)38-18-21-11-5-4-6-12-21)20(2)32-29-33-30(34-35(27)29)39-19-22-13-7-9-15-24(22)31/h4-16,27H,3,17-19H2,1-2H3,(H,32,33,34). The third-order valence-electron chi connectivity index (χ3n) is 6.26. The number of allylic oxidation sites excluding steroid dienone is 1. The van der Waals surface area contributed by atoms with E-state index in [-0.39, 0.29) is 6.61 Å². The van der Waals surface area contributed by atoms with Crippen molar-refractivity contribution in [2.45, 2.75) is 43.8 Å². The van der Waals surface area contributed by atoms with Gasteiger partial charge in [-0.1, -0.05) is 97.0 Å². The van der Waals surface area contributed by atoms with Crippen LogP contribution in [0.15, 0.2) is 95.3 Å². The average molecular weight is 561 g/mol. The van der Waals surface area contributed by atoms with Crippen LogP contribution in [0.2, 0.25) is 5.02 Å². The molecule has 200 valence electrons. The molecule has 1 aliphatic heterocycles. The second-order valence-corrected chi connectivity index (χ2v) is 10.4. The Morgan fingerprint density at radius 1 is 1.05 bits per heavy atom. The molecule has 9 heteroatoms. The fourth-order valence-corrected chi connectivity index (χ4v) is 5.47. The Labute approximate surface area is 237 Å². The Kier molecular flexibility index (Phi) is 8.54. The van der Waals surface area contributed by atoms with Crippen LogP contribution in [0.5, 0.6) is 5.75 Å². The van der Waals surface area contributed by atoms with Gasteiger partial charge in [0, 0.05) is 22.0 Å². The first kappa shape index (κ1) is 26.8. The molecule has 7 nitrogen and oxygen atoms in total. The molecule has 0 radical (unpaired) electrons. The van der Waals surface area contributed by atoms with Gasteiger partial charge in [0.05, 0.1) is 12.2 Å². The Hall–Kier alpha value is -3.75. The topological polar surface area (TPSA) is 78.3 Å². The van der Waals surface area contributed by atoms with Crippen molar-refractivity contribution in [3.63, 3.8) is 0 Å². The fraction of sp³-hybridized carbons (Fsp3) is 0.233. The number of carbonyl (C=O) groups is 1. The van der Waals surface area contributed by atoms with Crippen LogP contribution < -0.4 is 10.1 Å². The van der Waals surface area contributed by atoms with Crippen molar-refractivity contribution < 1.29 is 14.3 Å². The lowest BCUT2D eigenvalue weighted by atomic mass is 9.95. The molecule has 0 saturated carbocycles. The third kappa shape index (κ3) is 6.13. The number of nitrogens with zero attached hydrogens (tertiary/aromatic N) is 3. The number of thioether (sulfide) groups is 1. The number of benzene rings is 3. The minimum Gasteiger partial charge on any atom is -0.493 e. The molecule has 0 bridgehead atoms. The van der Waals surface area contributed by atoms with Crippen molar-refractivity contribution in [2.75, 3.05) is 11.9 Å². The molecular formula is C30H29ClN4O3S. The number of para-hydroxylation sites is 1. The number of hydrogen-bond acceptors (Lipinski definition) is 7. The van der Waals surface area contributed by atoms with E-state index in [1.54, 1.807) is 4.68 Å². The van der Waals surface area contributed by atoms with E-state index in [1.807, 2.05) is 85.8 Å². The highest BCUT2D eigenvalue weighted by Gasteiger charge is 2.37. The SMILES string of the molecule is CCCOc1ccccc1C1C(C(=O)OCc2ccccc2)=C(C)Nc2nc(SCc3ccccc3Cl)nn21. The van der Waals surface area contributed by atoms with Gasteiger partial charge in [-0.3, -0.25) is 0 Å². The van der Waals surface area contributed by atoms with Gasteiger partial charge >= 0.3 is 5.97 Å². The summed E-state index contributed by atoms with van der Waals surface area (Å²) in [4.78, 5) is 18.3. The summed E-state index contributed by atoms with van der Waals surface area (Å²) in [6.07, 6.45) is 0.860. The lowest BCUT2D eigenvalue weighted by Crippen LogP contribution is -2.30. The minimum atomic E-state index is -0.584. The minimum absolute atomic E-state index is 0.167. The molecule has 0 amide bonds. The number of fused-ring (bicyclic) bond motifs is 1. The Morgan fingerprint density at radius 2 is 1.79 bits per heavy atom. The maximum absolute atomic E-state index is 13.6. The Morgan fingerprint density at radius 3 is 2.59 bits per heavy atom. The zero-order valence-electron chi connectivity index (χ0n) is 21.8. The second kappa shape index (κ2) is 12.4. The molecule has 0 spiro atoms. The Balaban J connectivity index is 1.49. The van der Waals surface area contributed by atoms with Crippen molar-refractivity contribution in [1.82, 2.24) is 14.8 Å². The van der Waals surface area contributed by atoms with E-state index < -0.39 is 12.0 Å². The molecule has 3 aromatic carbocycles. The molecule has 39 heavy (non-hydrogen) atoms. The molecule has 4 aromatic rings. The second-order valence-electron chi connectivity index (χ2n) is 9.06. The lowest BCUT2D eigenvalue weighted by molar-refractivity contribution is -0.140. The number of carbonyl (C=O) groups excluding carboxylic acids is 1. The molecule has 0 saturated heterocycles. The number of anilines is 1. The first-order valence-electron chi connectivity index (χ1n) is 12.8. The summed E-state index contributed by atoms with van der Waals surface area (Å²) in [5.74, 6) is 1.43. The molecule has 0 fully saturated rings. The summed E-state index contributed by atoms with van der Waals surface area (Å²) >= 11 is 7.84. The summed E-state index contributed by atoms with van der Waals surface area (Å²) in [6.45, 7) is 4.64. The normalized spacial score (nSPS) is 14.5. The van der Waals surface area contributed by atoms with E-state index >= 15 is 0 Å². The van der Waals surface area contributed by atoms with Crippen LogP contribution in [-0.4, -0.2) is 27.3 Å². The molecular weight excluding hydrogens is 532 g/mol. The van der Waals surface area contributed by atoms with Crippen LogP contribution >= 0.6 is 23.4 Å². The molecule has 1 aliphatic rings. The predicted octanol–water partition coefficient (Wildman–Crippen LogP) is 7.04. The molecule has 1 N–H and O–H groups in total. The average Bonchev–Trinajstić information content (AvgIpc) is 3.36. The molecule has 1 atom stereocenters. The maximum Gasteiger partial charge on any atom is 0.338 e. The van der Waals surface area contributed by atoms with Crippen LogP contribution in [0.25, 0.3) is 0 Å².